The Morgan fingerprint density at radius 3 is 2.83 bits per heavy atom. The molecule has 0 aliphatic carbocycles. The summed E-state index contributed by atoms with van der Waals surface area (Å²) in [7, 11) is 0. The molecule has 2 aromatic carbocycles. The highest BCUT2D eigenvalue weighted by Crippen LogP contribution is 2.28. The topological polar surface area (TPSA) is 69.9 Å². The molecule has 0 radical (unpaired) electrons. The maximum atomic E-state index is 12.8. The summed E-state index contributed by atoms with van der Waals surface area (Å²) in [4.78, 5) is 19.7. The number of nitrogens with one attached hydrogen (secondary N) is 2. The van der Waals surface area contributed by atoms with Gasteiger partial charge in [0.2, 0.25) is 5.91 Å². The van der Waals surface area contributed by atoms with Crippen LogP contribution in [0.3, 0.4) is 0 Å². The quantitative estimate of drug-likeness (QED) is 0.391. The van der Waals surface area contributed by atoms with Crippen LogP contribution in [-0.2, 0) is 17.9 Å². The number of aliphatic imine (C=N–C) groups is 1. The van der Waals surface area contributed by atoms with Crippen LogP contribution in [0.5, 0.6) is 0 Å². The smallest absolute Gasteiger partial charge is 0.225 e. The average molecular weight is 491 g/mol. The Bertz CT molecular complexity index is 1190. The van der Waals surface area contributed by atoms with Gasteiger partial charge in [-0.2, -0.15) is 0 Å². The van der Waals surface area contributed by atoms with E-state index in [-0.39, 0.29) is 11.8 Å². The molecule has 3 aromatic rings. The summed E-state index contributed by atoms with van der Waals surface area (Å²) in [5.74, 6) is 1.31. The van der Waals surface area contributed by atoms with Gasteiger partial charge in [-0.25, -0.2) is 4.99 Å². The summed E-state index contributed by atoms with van der Waals surface area (Å²) in [5.41, 5.74) is 4.22. The number of benzene rings is 2. The Hall–Kier alpha value is -3.51. The van der Waals surface area contributed by atoms with Gasteiger partial charge >= 0.3 is 0 Å². The predicted octanol–water partition coefficient (Wildman–Crippen LogP) is 5.45. The lowest BCUT2D eigenvalue weighted by Crippen LogP contribution is -2.43. The lowest BCUT2D eigenvalue weighted by molar-refractivity contribution is -0.125. The summed E-state index contributed by atoms with van der Waals surface area (Å²) in [5, 5.41) is 6.95. The van der Waals surface area contributed by atoms with Crippen molar-refractivity contribution in [3.63, 3.8) is 0 Å². The molecule has 1 fully saturated rings. The van der Waals surface area contributed by atoms with E-state index in [1.807, 2.05) is 48.7 Å². The molecule has 1 unspecified atom stereocenters. The third-order valence-corrected chi connectivity index (χ3v) is 6.61. The van der Waals surface area contributed by atoms with E-state index in [9.17, 15) is 4.79 Å². The molecule has 35 heavy (non-hydrogen) atoms. The number of hydrogen-bond donors (Lipinski definition) is 2. The zero-order valence-electron chi connectivity index (χ0n) is 20.0. The Morgan fingerprint density at radius 1 is 1.17 bits per heavy atom. The molecule has 6 nitrogen and oxygen atoms in total. The van der Waals surface area contributed by atoms with Crippen molar-refractivity contribution in [2.75, 3.05) is 18.0 Å². The number of amides is 1. The molecule has 1 aromatic heterocycles. The summed E-state index contributed by atoms with van der Waals surface area (Å²) >= 11 is 6.24. The van der Waals surface area contributed by atoms with Gasteiger partial charge in [-0.1, -0.05) is 48.5 Å². The van der Waals surface area contributed by atoms with Crippen LogP contribution in [0.15, 0.2) is 82.7 Å². The Kier molecular flexibility index (Phi) is 8.27. The minimum absolute atomic E-state index is 0.0612. The van der Waals surface area contributed by atoms with E-state index in [0.29, 0.717) is 30.5 Å². The molecule has 1 saturated heterocycles. The van der Waals surface area contributed by atoms with Crippen LogP contribution in [0, 0.1) is 12.8 Å². The van der Waals surface area contributed by atoms with Gasteiger partial charge in [0.15, 0.2) is 0 Å². The number of nitrogens with zero attached hydrogens (tertiary/aromatic N) is 2. The fourth-order valence-electron chi connectivity index (χ4n) is 4.28. The maximum absolute atomic E-state index is 12.8. The predicted molar refractivity (Wildman–Crippen MR) is 142 cm³/mol. The van der Waals surface area contributed by atoms with E-state index in [2.05, 4.69) is 46.2 Å². The minimum atomic E-state index is -0.0729. The number of aryl methyl sites for hydroxylation is 1. The highest BCUT2D eigenvalue weighted by atomic mass is 35.5. The van der Waals surface area contributed by atoms with Crippen LogP contribution < -0.4 is 15.5 Å². The summed E-state index contributed by atoms with van der Waals surface area (Å²) in [6.07, 6.45) is 5.30. The first-order chi connectivity index (χ1) is 17.0. The van der Waals surface area contributed by atoms with Crippen molar-refractivity contribution in [1.29, 1.82) is 0 Å². The fraction of sp³-hybridized carbons (Fsp3) is 0.286. The van der Waals surface area contributed by atoms with Crippen LogP contribution in [0.25, 0.3) is 0 Å². The Labute approximate surface area is 211 Å². The van der Waals surface area contributed by atoms with E-state index in [1.165, 1.54) is 0 Å². The number of carbonyl (C=O) groups excluding carboxylic acids is 1. The van der Waals surface area contributed by atoms with E-state index < -0.39 is 0 Å². The molecular formula is C28H31ClN4O2. The van der Waals surface area contributed by atoms with Crippen LogP contribution >= 0.6 is 11.6 Å². The largest absolute Gasteiger partial charge is 0.467 e. The summed E-state index contributed by atoms with van der Waals surface area (Å²) in [6.45, 7) is 8.64. The molecule has 4 rings (SSSR count). The molecule has 1 aliphatic heterocycles. The molecule has 1 aliphatic rings. The first-order valence-corrected chi connectivity index (χ1v) is 12.2. The van der Waals surface area contributed by atoms with E-state index in [0.717, 1.165) is 47.5 Å². The van der Waals surface area contributed by atoms with Gasteiger partial charge in [0, 0.05) is 42.1 Å². The maximum Gasteiger partial charge on any atom is 0.225 e. The highest BCUT2D eigenvalue weighted by molar-refractivity contribution is 6.31. The number of carbonyl (C=O) groups is 1. The van der Waals surface area contributed by atoms with Gasteiger partial charge in [0.05, 0.1) is 18.7 Å². The minimum Gasteiger partial charge on any atom is -0.467 e. The molecule has 1 amide bonds. The van der Waals surface area contributed by atoms with Crippen molar-refractivity contribution in [2.24, 2.45) is 10.9 Å². The van der Waals surface area contributed by atoms with Crippen LogP contribution in [0.4, 0.5) is 5.69 Å². The third kappa shape index (κ3) is 6.55. The number of halogens is 1. The SMILES string of the molecule is C=C(N=Cc1c(C)cccc1N1CCCC(C(=O)NCc2ccco2)C1)NCc1ccccc1Cl. The van der Waals surface area contributed by atoms with Gasteiger partial charge in [-0.15, -0.1) is 0 Å². The average Bonchev–Trinajstić information content (AvgIpc) is 3.40. The van der Waals surface area contributed by atoms with Crippen molar-refractivity contribution in [3.8, 4) is 0 Å². The molecule has 7 heteroatoms. The molecule has 2 N–H and O–H groups in total. The van der Waals surface area contributed by atoms with Crippen LogP contribution in [-0.4, -0.2) is 25.2 Å². The van der Waals surface area contributed by atoms with Crippen molar-refractivity contribution in [3.05, 3.63) is 101 Å². The molecule has 0 spiro atoms. The van der Waals surface area contributed by atoms with Gasteiger partial charge in [0.1, 0.15) is 11.6 Å². The van der Waals surface area contributed by atoms with Gasteiger partial charge in [-0.3, -0.25) is 4.79 Å². The normalized spacial score (nSPS) is 15.8. The molecule has 0 bridgehead atoms. The van der Waals surface area contributed by atoms with E-state index >= 15 is 0 Å². The zero-order chi connectivity index (χ0) is 24.6. The Balaban J connectivity index is 1.41. The van der Waals surface area contributed by atoms with E-state index in [4.69, 9.17) is 16.0 Å². The van der Waals surface area contributed by atoms with Gasteiger partial charge in [0.25, 0.3) is 0 Å². The number of anilines is 1. The molecular weight excluding hydrogens is 460 g/mol. The van der Waals surface area contributed by atoms with Crippen molar-refractivity contribution < 1.29 is 9.21 Å². The first kappa shape index (κ1) is 24.6. The molecule has 1 atom stereocenters. The van der Waals surface area contributed by atoms with Crippen molar-refractivity contribution >= 4 is 29.4 Å². The second kappa shape index (κ2) is 11.8. The van der Waals surface area contributed by atoms with Crippen LogP contribution in [0.1, 0.15) is 35.3 Å². The first-order valence-electron chi connectivity index (χ1n) is 11.9. The number of piperidine rings is 1. The monoisotopic (exact) mass is 490 g/mol. The second-order valence-electron chi connectivity index (χ2n) is 8.74. The van der Waals surface area contributed by atoms with Gasteiger partial charge < -0.3 is 20.0 Å². The summed E-state index contributed by atoms with van der Waals surface area (Å²) < 4.78 is 5.33. The Morgan fingerprint density at radius 2 is 2.03 bits per heavy atom. The third-order valence-electron chi connectivity index (χ3n) is 6.24. The molecule has 2 heterocycles. The summed E-state index contributed by atoms with van der Waals surface area (Å²) in [6, 6.07) is 17.6. The zero-order valence-corrected chi connectivity index (χ0v) is 20.7. The standard InChI is InChI=1S/C28H31ClN4O2/c1-20-8-5-13-27(25(20)18-31-21(2)30-16-22-9-3-4-12-26(22)29)33-14-6-10-23(19-33)28(34)32-17-24-11-7-15-35-24/h3-5,7-9,11-13,15,18,23,30H,2,6,10,14,16-17,19H2,1H3,(H,32,34). The lowest BCUT2D eigenvalue weighted by Gasteiger charge is -2.35. The van der Waals surface area contributed by atoms with Crippen molar-refractivity contribution in [2.45, 2.75) is 32.9 Å². The van der Waals surface area contributed by atoms with Crippen molar-refractivity contribution in [1.82, 2.24) is 10.6 Å². The molecule has 0 saturated carbocycles. The molecule has 182 valence electrons. The number of rotatable bonds is 9. The second-order valence-corrected chi connectivity index (χ2v) is 9.15. The number of hydrogen-bond acceptors (Lipinski definition) is 5. The van der Waals surface area contributed by atoms with Gasteiger partial charge in [-0.05, 0) is 55.2 Å². The van der Waals surface area contributed by atoms with E-state index in [1.54, 1.807) is 6.26 Å². The highest BCUT2D eigenvalue weighted by Gasteiger charge is 2.27. The lowest BCUT2D eigenvalue weighted by atomic mass is 9.95. The number of furan rings is 1. The fourth-order valence-corrected chi connectivity index (χ4v) is 4.48. The van der Waals surface area contributed by atoms with Crippen LogP contribution in [0.2, 0.25) is 5.02 Å².